The van der Waals surface area contributed by atoms with Gasteiger partial charge in [-0.15, -0.1) is 0 Å². The van der Waals surface area contributed by atoms with Gasteiger partial charge in [-0.3, -0.25) is 4.79 Å². The fourth-order valence-electron chi connectivity index (χ4n) is 3.08. The van der Waals surface area contributed by atoms with Crippen LogP contribution in [-0.2, 0) is 0 Å². The molecule has 0 radical (unpaired) electrons. The summed E-state index contributed by atoms with van der Waals surface area (Å²) >= 11 is 5.86. The Morgan fingerprint density at radius 3 is 2.83 bits per heavy atom. The molecule has 2 unspecified atom stereocenters. The summed E-state index contributed by atoms with van der Waals surface area (Å²) in [6.07, 6.45) is 2.35. The Labute approximate surface area is 112 Å². The Hall–Kier alpha value is -1.06. The number of fused-ring (bicyclic) bond motifs is 1. The highest BCUT2D eigenvalue weighted by molar-refractivity contribution is 6.30. The van der Waals surface area contributed by atoms with E-state index in [1.165, 1.54) is 6.42 Å². The number of piperidine rings is 1. The van der Waals surface area contributed by atoms with Crippen LogP contribution in [0.25, 0.3) is 0 Å². The van der Waals surface area contributed by atoms with E-state index in [1.807, 2.05) is 17.0 Å². The number of carbonyl (C=O) groups excluding carboxylic acids is 1. The topological polar surface area (TPSA) is 32.3 Å². The Bertz CT molecular complexity index is 446. The standard InChI is InChI=1S/C14H17ClN2O/c15-12-5-3-10(4-6-12)14(18)17-7-1-2-11-8-16-9-13(11)17/h3-6,11,13,16H,1-2,7-9H2. The first-order valence-corrected chi connectivity index (χ1v) is 6.91. The molecule has 3 nitrogen and oxygen atoms in total. The highest BCUT2D eigenvalue weighted by atomic mass is 35.5. The lowest BCUT2D eigenvalue weighted by atomic mass is 9.91. The third-order valence-corrected chi connectivity index (χ3v) is 4.28. The van der Waals surface area contributed by atoms with Crippen LogP contribution in [0, 0.1) is 5.92 Å². The summed E-state index contributed by atoms with van der Waals surface area (Å²) in [4.78, 5) is 14.5. The lowest BCUT2D eigenvalue weighted by Crippen LogP contribution is -2.48. The summed E-state index contributed by atoms with van der Waals surface area (Å²) < 4.78 is 0. The highest BCUT2D eigenvalue weighted by Gasteiger charge is 2.37. The van der Waals surface area contributed by atoms with Gasteiger partial charge in [0.1, 0.15) is 0 Å². The van der Waals surface area contributed by atoms with Gasteiger partial charge < -0.3 is 10.2 Å². The lowest BCUT2D eigenvalue weighted by Gasteiger charge is -2.37. The van der Waals surface area contributed by atoms with Gasteiger partial charge in [0.15, 0.2) is 0 Å². The monoisotopic (exact) mass is 264 g/mol. The minimum absolute atomic E-state index is 0.144. The quantitative estimate of drug-likeness (QED) is 0.843. The van der Waals surface area contributed by atoms with Crippen LogP contribution in [-0.4, -0.2) is 36.5 Å². The highest BCUT2D eigenvalue weighted by Crippen LogP contribution is 2.27. The molecule has 2 fully saturated rings. The molecule has 2 atom stereocenters. The number of hydrogen-bond donors (Lipinski definition) is 1. The zero-order chi connectivity index (χ0) is 12.5. The molecule has 1 aromatic rings. The second kappa shape index (κ2) is 4.90. The van der Waals surface area contributed by atoms with E-state index in [0.29, 0.717) is 17.0 Å². The average molecular weight is 265 g/mol. The third-order valence-electron chi connectivity index (χ3n) is 4.03. The van der Waals surface area contributed by atoms with Crippen LogP contribution in [0.5, 0.6) is 0 Å². The molecule has 2 aliphatic rings. The smallest absolute Gasteiger partial charge is 0.254 e. The van der Waals surface area contributed by atoms with Gasteiger partial charge in [0.2, 0.25) is 0 Å². The normalized spacial score (nSPS) is 27.1. The van der Waals surface area contributed by atoms with Gasteiger partial charge in [0.05, 0.1) is 0 Å². The summed E-state index contributed by atoms with van der Waals surface area (Å²) in [5.74, 6) is 0.778. The molecule has 0 aliphatic carbocycles. The minimum Gasteiger partial charge on any atom is -0.334 e. The van der Waals surface area contributed by atoms with Crippen molar-refractivity contribution in [2.24, 2.45) is 5.92 Å². The SMILES string of the molecule is O=C(c1ccc(Cl)cc1)N1CCCC2CNCC21. The predicted octanol–water partition coefficient (Wildman–Crippen LogP) is 2.16. The first-order valence-electron chi connectivity index (χ1n) is 6.53. The minimum atomic E-state index is 0.144. The molecule has 4 heteroatoms. The number of carbonyl (C=O) groups is 1. The van der Waals surface area contributed by atoms with Gasteiger partial charge in [0, 0.05) is 36.3 Å². The lowest BCUT2D eigenvalue weighted by molar-refractivity contribution is 0.0575. The van der Waals surface area contributed by atoms with E-state index in [0.717, 1.165) is 31.6 Å². The van der Waals surface area contributed by atoms with Crippen molar-refractivity contribution in [3.63, 3.8) is 0 Å². The first-order chi connectivity index (χ1) is 8.75. The molecule has 2 heterocycles. The van der Waals surface area contributed by atoms with Crippen LogP contribution in [0.2, 0.25) is 5.02 Å². The number of nitrogens with zero attached hydrogens (tertiary/aromatic N) is 1. The predicted molar refractivity (Wildman–Crippen MR) is 71.9 cm³/mol. The van der Waals surface area contributed by atoms with Crippen LogP contribution in [0.15, 0.2) is 24.3 Å². The Balaban J connectivity index is 1.81. The molecular weight excluding hydrogens is 248 g/mol. The number of likely N-dealkylation sites (tertiary alicyclic amines) is 1. The third kappa shape index (κ3) is 2.13. The maximum absolute atomic E-state index is 12.5. The summed E-state index contributed by atoms with van der Waals surface area (Å²) in [6, 6.07) is 7.57. The van der Waals surface area contributed by atoms with Gasteiger partial charge in [-0.05, 0) is 43.0 Å². The molecule has 0 bridgehead atoms. The van der Waals surface area contributed by atoms with E-state index < -0.39 is 0 Å². The summed E-state index contributed by atoms with van der Waals surface area (Å²) in [5, 5.41) is 4.07. The van der Waals surface area contributed by atoms with E-state index in [2.05, 4.69) is 5.32 Å². The number of halogens is 1. The summed E-state index contributed by atoms with van der Waals surface area (Å²) in [5.41, 5.74) is 0.743. The fourth-order valence-corrected chi connectivity index (χ4v) is 3.20. The van der Waals surface area contributed by atoms with Crippen molar-refractivity contribution in [2.75, 3.05) is 19.6 Å². The van der Waals surface area contributed by atoms with Gasteiger partial charge >= 0.3 is 0 Å². The van der Waals surface area contributed by atoms with Crippen LogP contribution in [0.1, 0.15) is 23.2 Å². The van der Waals surface area contributed by atoms with Crippen molar-refractivity contribution in [2.45, 2.75) is 18.9 Å². The van der Waals surface area contributed by atoms with Crippen molar-refractivity contribution in [1.82, 2.24) is 10.2 Å². The van der Waals surface area contributed by atoms with Gasteiger partial charge in [-0.1, -0.05) is 11.6 Å². The molecule has 0 saturated carbocycles. The van der Waals surface area contributed by atoms with Crippen LogP contribution in [0.4, 0.5) is 0 Å². The van der Waals surface area contributed by atoms with Crippen LogP contribution in [0.3, 0.4) is 0 Å². The van der Waals surface area contributed by atoms with Crippen LogP contribution >= 0.6 is 11.6 Å². The van der Waals surface area contributed by atoms with E-state index >= 15 is 0 Å². The number of hydrogen-bond acceptors (Lipinski definition) is 2. The average Bonchev–Trinajstić information content (AvgIpc) is 2.87. The maximum atomic E-state index is 12.5. The van der Waals surface area contributed by atoms with Gasteiger partial charge in [-0.2, -0.15) is 0 Å². The molecule has 3 rings (SSSR count). The Kier molecular flexibility index (Phi) is 3.27. The van der Waals surface area contributed by atoms with Crippen molar-refractivity contribution in [3.8, 4) is 0 Å². The zero-order valence-electron chi connectivity index (χ0n) is 10.2. The largest absolute Gasteiger partial charge is 0.334 e. The van der Waals surface area contributed by atoms with Crippen molar-refractivity contribution in [3.05, 3.63) is 34.9 Å². The maximum Gasteiger partial charge on any atom is 0.254 e. The number of amides is 1. The summed E-state index contributed by atoms with van der Waals surface area (Å²) in [6.45, 7) is 2.86. The second-order valence-electron chi connectivity index (χ2n) is 5.13. The van der Waals surface area contributed by atoms with Crippen molar-refractivity contribution < 1.29 is 4.79 Å². The Morgan fingerprint density at radius 1 is 1.28 bits per heavy atom. The van der Waals surface area contributed by atoms with Crippen molar-refractivity contribution in [1.29, 1.82) is 0 Å². The molecular formula is C14H17ClN2O. The van der Waals surface area contributed by atoms with Crippen LogP contribution < -0.4 is 5.32 Å². The molecule has 96 valence electrons. The zero-order valence-corrected chi connectivity index (χ0v) is 11.0. The molecule has 0 aromatic heterocycles. The molecule has 1 aromatic carbocycles. The van der Waals surface area contributed by atoms with Crippen molar-refractivity contribution >= 4 is 17.5 Å². The van der Waals surface area contributed by atoms with E-state index in [1.54, 1.807) is 12.1 Å². The second-order valence-corrected chi connectivity index (χ2v) is 5.57. The molecule has 2 aliphatic heterocycles. The first kappa shape index (κ1) is 12.0. The molecule has 1 amide bonds. The number of rotatable bonds is 1. The van der Waals surface area contributed by atoms with E-state index in [9.17, 15) is 4.79 Å². The molecule has 1 N–H and O–H groups in total. The number of nitrogens with one attached hydrogen (secondary N) is 1. The molecule has 0 spiro atoms. The van der Waals surface area contributed by atoms with E-state index in [-0.39, 0.29) is 5.91 Å². The Morgan fingerprint density at radius 2 is 2.06 bits per heavy atom. The summed E-state index contributed by atoms with van der Waals surface area (Å²) in [7, 11) is 0. The van der Waals surface area contributed by atoms with Gasteiger partial charge in [-0.25, -0.2) is 0 Å². The van der Waals surface area contributed by atoms with Gasteiger partial charge in [0.25, 0.3) is 5.91 Å². The molecule has 18 heavy (non-hydrogen) atoms. The van der Waals surface area contributed by atoms with E-state index in [4.69, 9.17) is 11.6 Å². The number of benzene rings is 1. The fraction of sp³-hybridized carbons (Fsp3) is 0.500. The molecule has 2 saturated heterocycles.